The molecule has 0 unspecified atom stereocenters. The second kappa shape index (κ2) is 5.55. The third-order valence-electron chi connectivity index (χ3n) is 2.93. The number of allylic oxidation sites excluding steroid dienone is 2. The van der Waals surface area contributed by atoms with Crippen LogP contribution in [0, 0.1) is 0 Å². The molecule has 0 amide bonds. The quantitative estimate of drug-likeness (QED) is 0.790. The molecule has 3 nitrogen and oxygen atoms in total. The number of hydrogen-bond acceptors (Lipinski definition) is 4. The number of nitrogens with zero attached hydrogens (tertiary/aromatic N) is 1. The lowest BCUT2D eigenvalue weighted by Crippen LogP contribution is -2.16. The van der Waals surface area contributed by atoms with Gasteiger partial charge < -0.3 is 4.74 Å². The number of Topliss-reactive ketones (excluding diaryl/α,β-unsaturated/α-hetero) is 1. The lowest BCUT2D eigenvalue weighted by molar-refractivity contribution is 0.101. The molecule has 1 aromatic rings. The Balaban J connectivity index is 1.57. The second-order valence-electron chi connectivity index (χ2n) is 4.26. The topological polar surface area (TPSA) is 38.7 Å². The SMILES string of the molecule is O=C(CS[C@@H]1N=C2C=CC=C[C@@H]2O1)c1ccccc1. The zero-order valence-electron chi connectivity index (χ0n) is 10.2. The fraction of sp³-hybridized carbons (Fsp3) is 0.200. The predicted octanol–water partition coefficient (Wildman–Crippen LogP) is 2.85. The fourth-order valence-corrected chi connectivity index (χ4v) is 2.81. The van der Waals surface area contributed by atoms with Crippen LogP contribution in [0.2, 0.25) is 0 Å². The van der Waals surface area contributed by atoms with E-state index in [4.69, 9.17) is 4.74 Å². The normalized spacial score (nSPS) is 24.1. The molecule has 2 aliphatic rings. The molecule has 0 aromatic heterocycles. The minimum Gasteiger partial charge on any atom is -0.333 e. The molecule has 1 aromatic carbocycles. The highest BCUT2D eigenvalue weighted by molar-refractivity contribution is 8.00. The molecule has 4 heteroatoms. The maximum Gasteiger partial charge on any atom is 0.198 e. The van der Waals surface area contributed by atoms with Crippen molar-refractivity contribution in [1.29, 1.82) is 0 Å². The Bertz CT molecular complexity index is 563. The molecular weight excluding hydrogens is 258 g/mol. The number of fused-ring (bicyclic) bond motifs is 1. The van der Waals surface area contributed by atoms with Crippen molar-refractivity contribution >= 4 is 23.3 Å². The molecule has 0 saturated carbocycles. The molecule has 0 fully saturated rings. The monoisotopic (exact) mass is 271 g/mol. The van der Waals surface area contributed by atoms with Crippen LogP contribution in [-0.4, -0.2) is 28.9 Å². The first kappa shape index (κ1) is 12.4. The third-order valence-corrected chi connectivity index (χ3v) is 3.86. The van der Waals surface area contributed by atoms with Gasteiger partial charge in [0.05, 0.1) is 11.5 Å². The van der Waals surface area contributed by atoms with E-state index < -0.39 is 0 Å². The van der Waals surface area contributed by atoms with E-state index in [0.717, 1.165) is 11.3 Å². The highest BCUT2D eigenvalue weighted by Gasteiger charge is 2.27. The summed E-state index contributed by atoms with van der Waals surface area (Å²) in [6.45, 7) is 0. The first-order chi connectivity index (χ1) is 9.33. The maximum atomic E-state index is 12.0. The van der Waals surface area contributed by atoms with Gasteiger partial charge in [-0.3, -0.25) is 4.79 Å². The Morgan fingerprint density at radius 3 is 2.89 bits per heavy atom. The molecule has 0 spiro atoms. The lowest BCUT2D eigenvalue weighted by atomic mass is 10.1. The smallest absolute Gasteiger partial charge is 0.198 e. The summed E-state index contributed by atoms with van der Waals surface area (Å²) in [4.78, 5) is 16.4. The van der Waals surface area contributed by atoms with Crippen molar-refractivity contribution in [2.45, 2.75) is 11.7 Å². The van der Waals surface area contributed by atoms with Crippen molar-refractivity contribution in [2.24, 2.45) is 4.99 Å². The van der Waals surface area contributed by atoms with Crippen molar-refractivity contribution < 1.29 is 9.53 Å². The van der Waals surface area contributed by atoms with Gasteiger partial charge >= 0.3 is 0 Å². The summed E-state index contributed by atoms with van der Waals surface area (Å²) in [5.41, 5.74) is 1.39. The first-order valence-electron chi connectivity index (χ1n) is 6.11. The molecule has 0 radical (unpaired) electrons. The van der Waals surface area contributed by atoms with Crippen LogP contribution in [0.4, 0.5) is 0 Å². The van der Waals surface area contributed by atoms with Gasteiger partial charge in [-0.05, 0) is 12.2 Å². The number of aliphatic imine (C=N–C) groups is 1. The molecule has 0 N–H and O–H groups in total. The summed E-state index contributed by atoms with van der Waals surface area (Å²) >= 11 is 1.43. The van der Waals surface area contributed by atoms with Crippen molar-refractivity contribution in [3.63, 3.8) is 0 Å². The molecule has 0 bridgehead atoms. The number of benzene rings is 1. The maximum absolute atomic E-state index is 12.0. The summed E-state index contributed by atoms with van der Waals surface area (Å²) in [7, 11) is 0. The lowest BCUT2D eigenvalue weighted by Gasteiger charge is -2.10. The number of thioether (sulfide) groups is 1. The molecule has 2 atom stereocenters. The summed E-state index contributed by atoms with van der Waals surface area (Å²) < 4.78 is 5.72. The fourth-order valence-electron chi connectivity index (χ4n) is 1.95. The molecule has 1 aliphatic heterocycles. The number of carbonyl (C=O) groups is 1. The van der Waals surface area contributed by atoms with Gasteiger partial charge in [0.15, 0.2) is 11.3 Å². The third kappa shape index (κ3) is 2.85. The van der Waals surface area contributed by atoms with E-state index in [1.165, 1.54) is 11.8 Å². The summed E-state index contributed by atoms with van der Waals surface area (Å²) in [6.07, 6.45) is 7.77. The van der Waals surface area contributed by atoms with E-state index >= 15 is 0 Å². The average Bonchev–Trinajstić information content (AvgIpc) is 2.88. The van der Waals surface area contributed by atoms with Gasteiger partial charge in [0.2, 0.25) is 0 Å². The number of ether oxygens (including phenoxy) is 1. The molecule has 1 aliphatic carbocycles. The zero-order chi connectivity index (χ0) is 13.1. The van der Waals surface area contributed by atoms with Crippen molar-refractivity contribution in [2.75, 3.05) is 5.75 Å². The molecular formula is C15H13NO2S. The second-order valence-corrected chi connectivity index (χ2v) is 5.29. The van der Waals surface area contributed by atoms with Crippen LogP contribution in [0.15, 0.2) is 59.6 Å². The van der Waals surface area contributed by atoms with E-state index in [-0.39, 0.29) is 17.4 Å². The molecule has 0 saturated heterocycles. The van der Waals surface area contributed by atoms with Gasteiger partial charge in [0.25, 0.3) is 0 Å². The van der Waals surface area contributed by atoms with Gasteiger partial charge in [-0.1, -0.05) is 54.2 Å². The van der Waals surface area contributed by atoms with Crippen LogP contribution in [0.1, 0.15) is 10.4 Å². The van der Waals surface area contributed by atoms with Crippen LogP contribution in [0.5, 0.6) is 0 Å². The number of rotatable bonds is 4. The van der Waals surface area contributed by atoms with Gasteiger partial charge in [-0.2, -0.15) is 0 Å². The minimum atomic E-state index is -0.278. The van der Waals surface area contributed by atoms with Crippen molar-refractivity contribution in [1.82, 2.24) is 0 Å². The number of ketones is 1. The van der Waals surface area contributed by atoms with Crippen molar-refractivity contribution in [3.8, 4) is 0 Å². The highest BCUT2D eigenvalue weighted by atomic mass is 32.2. The average molecular weight is 271 g/mol. The molecule has 3 rings (SSSR count). The van der Waals surface area contributed by atoms with Crippen LogP contribution < -0.4 is 0 Å². The van der Waals surface area contributed by atoms with Gasteiger partial charge in [0, 0.05) is 5.56 Å². The predicted molar refractivity (Wildman–Crippen MR) is 77.6 cm³/mol. The van der Waals surface area contributed by atoms with Gasteiger partial charge in [-0.25, -0.2) is 4.99 Å². The molecule has 96 valence electrons. The summed E-state index contributed by atoms with van der Waals surface area (Å²) in [6, 6.07) is 9.30. The van der Waals surface area contributed by atoms with E-state index in [1.807, 2.05) is 54.6 Å². The van der Waals surface area contributed by atoms with E-state index in [1.54, 1.807) is 0 Å². The molecule has 1 heterocycles. The zero-order valence-corrected chi connectivity index (χ0v) is 11.0. The minimum absolute atomic E-state index is 0.0469. The Hall–Kier alpha value is -1.65. The Morgan fingerprint density at radius 1 is 1.26 bits per heavy atom. The van der Waals surface area contributed by atoms with Crippen LogP contribution >= 0.6 is 11.8 Å². The van der Waals surface area contributed by atoms with Crippen molar-refractivity contribution in [3.05, 3.63) is 60.2 Å². The van der Waals surface area contributed by atoms with E-state index in [0.29, 0.717) is 5.75 Å². The number of carbonyl (C=O) groups excluding carboxylic acids is 1. The Labute approximate surface area is 116 Å². The van der Waals surface area contributed by atoms with Gasteiger partial charge in [0.1, 0.15) is 6.10 Å². The first-order valence-corrected chi connectivity index (χ1v) is 7.16. The van der Waals surface area contributed by atoms with E-state index in [9.17, 15) is 4.79 Å². The molecule has 19 heavy (non-hydrogen) atoms. The van der Waals surface area contributed by atoms with E-state index in [2.05, 4.69) is 4.99 Å². The highest BCUT2D eigenvalue weighted by Crippen LogP contribution is 2.26. The standard InChI is InChI=1S/C15H13NO2S/c17-13(11-6-2-1-3-7-11)10-19-15-16-12-8-4-5-9-14(12)18-15/h1-9,14-15H,10H2/t14-,15+/m0/s1. The summed E-state index contributed by atoms with van der Waals surface area (Å²) in [5, 5.41) is 0. The van der Waals surface area contributed by atoms with Gasteiger partial charge in [-0.15, -0.1) is 0 Å². The van der Waals surface area contributed by atoms with Crippen LogP contribution in [0.3, 0.4) is 0 Å². The van der Waals surface area contributed by atoms with Crippen LogP contribution in [0.25, 0.3) is 0 Å². The summed E-state index contributed by atoms with van der Waals surface area (Å²) in [5.74, 6) is 0.487. The Kier molecular flexibility index (Phi) is 3.62. The Morgan fingerprint density at radius 2 is 2.11 bits per heavy atom. The number of hydrogen-bond donors (Lipinski definition) is 0. The van der Waals surface area contributed by atoms with Crippen LogP contribution in [-0.2, 0) is 4.74 Å². The largest absolute Gasteiger partial charge is 0.333 e.